The average molecular weight is 266 g/mol. The normalized spacial score (nSPS) is 26.7. The van der Waals surface area contributed by atoms with Crippen molar-refractivity contribution in [3.63, 3.8) is 0 Å². The van der Waals surface area contributed by atoms with Crippen LogP contribution in [0.15, 0.2) is 4.42 Å². The summed E-state index contributed by atoms with van der Waals surface area (Å²) in [7, 11) is 0. The Morgan fingerprint density at radius 2 is 2.32 bits per heavy atom. The van der Waals surface area contributed by atoms with Gasteiger partial charge in [0.25, 0.3) is 0 Å². The first-order valence-corrected chi connectivity index (χ1v) is 7.30. The van der Waals surface area contributed by atoms with Gasteiger partial charge in [0.2, 0.25) is 5.89 Å². The van der Waals surface area contributed by atoms with Gasteiger partial charge in [-0.15, -0.1) is 5.10 Å². The number of nitrogens with zero attached hydrogens (tertiary/aromatic N) is 3. The Labute approximate surface area is 113 Å². The first-order chi connectivity index (χ1) is 9.38. The molecule has 6 nitrogen and oxygen atoms in total. The van der Waals surface area contributed by atoms with Crippen molar-refractivity contribution in [1.82, 2.24) is 15.5 Å². The van der Waals surface area contributed by atoms with E-state index in [-0.39, 0.29) is 0 Å². The summed E-state index contributed by atoms with van der Waals surface area (Å²) in [5.74, 6) is 0.671. The van der Waals surface area contributed by atoms with Crippen molar-refractivity contribution in [2.24, 2.45) is 0 Å². The number of nitrogens with one attached hydrogen (secondary N) is 1. The Morgan fingerprint density at radius 3 is 3.21 bits per heavy atom. The number of ether oxygens (including phenoxy) is 1. The van der Waals surface area contributed by atoms with Crippen LogP contribution in [0.5, 0.6) is 0 Å². The maximum atomic E-state index is 5.80. The van der Waals surface area contributed by atoms with Crippen molar-refractivity contribution in [2.75, 3.05) is 24.6 Å². The fourth-order valence-electron chi connectivity index (χ4n) is 2.97. The topological polar surface area (TPSA) is 63.4 Å². The second-order valence-corrected chi connectivity index (χ2v) is 5.26. The van der Waals surface area contributed by atoms with Crippen LogP contribution in [0.3, 0.4) is 0 Å². The second-order valence-electron chi connectivity index (χ2n) is 5.26. The van der Waals surface area contributed by atoms with Crippen molar-refractivity contribution in [3.05, 3.63) is 5.89 Å². The molecule has 19 heavy (non-hydrogen) atoms. The highest BCUT2D eigenvalue weighted by molar-refractivity contribution is 5.29. The van der Waals surface area contributed by atoms with Gasteiger partial charge in [0.15, 0.2) is 0 Å². The van der Waals surface area contributed by atoms with Crippen LogP contribution in [0.25, 0.3) is 0 Å². The van der Waals surface area contributed by atoms with E-state index in [1.54, 1.807) is 0 Å². The molecule has 0 radical (unpaired) electrons. The molecule has 0 bridgehead atoms. The number of aromatic nitrogens is 2. The fourth-order valence-corrected chi connectivity index (χ4v) is 2.97. The smallest absolute Gasteiger partial charge is 0.318 e. The first kappa shape index (κ1) is 12.9. The van der Waals surface area contributed by atoms with Crippen molar-refractivity contribution in [2.45, 2.75) is 51.3 Å². The monoisotopic (exact) mass is 266 g/mol. The maximum absolute atomic E-state index is 5.80. The quantitative estimate of drug-likeness (QED) is 0.811. The van der Waals surface area contributed by atoms with E-state index in [0.29, 0.717) is 30.6 Å². The van der Waals surface area contributed by atoms with Crippen LogP contribution in [0.1, 0.15) is 38.5 Å². The van der Waals surface area contributed by atoms with Gasteiger partial charge in [-0.25, -0.2) is 0 Å². The van der Waals surface area contributed by atoms with Crippen LogP contribution in [-0.4, -0.2) is 42.0 Å². The molecule has 1 aromatic rings. The number of hydrogen-bond acceptors (Lipinski definition) is 6. The zero-order valence-corrected chi connectivity index (χ0v) is 11.5. The predicted molar refractivity (Wildman–Crippen MR) is 71.0 cm³/mol. The van der Waals surface area contributed by atoms with Crippen LogP contribution in [0, 0.1) is 0 Å². The van der Waals surface area contributed by atoms with Gasteiger partial charge in [0.05, 0.1) is 25.3 Å². The summed E-state index contributed by atoms with van der Waals surface area (Å²) in [6.07, 6.45) is 5.00. The molecule has 0 spiro atoms. The lowest BCUT2D eigenvalue weighted by Gasteiger charge is -2.36. The Bertz CT molecular complexity index is 409. The Morgan fingerprint density at radius 1 is 1.37 bits per heavy atom. The van der Waals surface area contributed by atoms with Crippen molar-refractivity contribution in [1.29, 1.82) is 0 Å². The fraction of sp³-hybridized carbons (Fsp3) is 0.846. The van der Waals surface area contributed by atoms with Gasteiger partial charge in [0.1, 0.15) is 0 Å². The maximum Gasteiger partial charge on any atom is 0.318 e. The molecule has 1 aromatic heterocycles. The van der Waals surface area contributed by atoms with E-state index in [9.17, 15) is 0 Å². The predicted octanol–water partition coefficient (Wildman–Crippen LogP) is 1.33. The van der Waals surface area contributed by atoms with Gasteiger partial charge in [-0.3, -0.25) is 0 Å². The van der Waals surface area contributed by atoms with Gasteiger partial charge in [-0.2, -0.15) is 0 Å². The Kier molecular flexibility index (Phi) is 3.98. The molecule has 0 aromatic carbocycles. The SMILES string of the molecule is CCCNCc1nnc(N2CCOC3CCCC32)o1. The molecule has 106 valence electrons. The van der Waals surface area contributed by atoms with Gasteiger partial charge < -0.3 is 19.4 Å². The summed E-state index contributed by atoms with van der Waals surface area (Å²) in [6.45, 7) is 5.37. The third-order valence-electron chi connectivity index (χ3n) is 3.89. The minimum absolute atomic E-state index is 0.349. The molecule has 2 unspecified atom stereocenters. The summed E-state index contributed by atoms with van der Waals surface area (Å²) in [4.78, 5) is 2.23. The van der Waals surface area contributed by atoms with E-state index >= 15 is 0 Å². The lowest BCUT2D eigenvalue weighted by Crippen LogP contribution is -2.48. The molecular formula is C13H22N4O2. The summed E-state index contributed by atoms with van der Waals surface area (Å²) < 4.78 is 11.6. The molecule has 1 saturated heterocycles. The highest BCUT2D eigenvalue weighted by Gasteiger charge is 2.38. The number of rotatable bonds is 5. The van der Waals surface area contributed by atoms with E-state index in [4.69, 9.17) is 9.15 Å². The molecule has 6 heteroatoms. The lowest BCUT2D eigenvalue weighted by atomic mass is 10.1. The third kappa shape index (κ3) is 2.74. The molecule has 2 heterocycles. The molecule has 2 aliphatic rings. The van der Waals surface area contributed by atoms with Gasteiger partial charge in [-0.1, -0.05) is 12.0 Å². The van der Waals surface area contributed by atoms with Gasteiger partial charge >= 0.3 is 6.01 Å². The first-order valence-electron chi connectivity index (χ1n) is 7.30. The van der Waals surface area contributed by atoms with Crippen molar-refractivity contribution < 1.29 is 9.15 Å². The lowest BCUT2D eigenvalue weighted by molar-refractivity contribution is 0.0235. The molecule has 1 aliphatic carbocycles. The second kappa shape index (κ2) is 5.88. The van der Waals surface area contributed by atoms with Crippen molar-refractivity contribution in [3.8, 4) is 0 Å². The van der Waals surface area contributed by atoms with Crippen LogP contribution in [0.2, 0.25) is 0 Å². The third-order valence-corrected chi connectivity index (χ3v) is 3.89. The zero-order chi connectivity index (χ0) is 13.1. The van der Waals surface area contributed by atoms with Crippen molar-refractivity contribution >= 4 is 6.01 Å². The van der Waals surface area contributed by atoms with Crippen LogP contribution in [-0.2, 0) is 11.3 Å². The van der Waals surface area contributed by atoms with E-state index in [2.05, 4.69) is 27.3 Å². The summed E-state index contributed by atoms with van der Waals surface area (Å²) in [6, 6.07) is 1.08. The van der Waals surface area contributed by atoms with Crippen LogP contribution < -0.4 is 10.2 Å². The molecule has 3 rings (SSSR count). The van der Waals surface area contributed by atoms with Gasteiger partial charge in [0, 0.05) is 6.54 Å². The van der Waals surface area contributed by atoms with Crippen LogP contribution in [0.4, 0.5) is 6.01 Å². The number of morpholine rings is 1. The number of anilines is 1. The number of hydrogen-bond donors (Lipinski definition) is 1. The van der Waals surface area contributed by atoms with E-state index in [1.807, 2.05) is 0 Å². The molecule has 1 aliphatic heterocycles. The van der Waals surface area contributed by atoms with E-state index in [1.165, 1.54) is 6.42 Å². The number of fused-ring (bicyclic) bond motifs is 1. The standard InChI is InChI=1S/C13H22N4O2/c1-2-6-14-9-12-15-16-13(19-12)17-7-8-18-11-5-3-4-10(11)17/h10-11,14H,2-9H2,1H3. The zero-order valence-electron chi connectivity index (χ0n) is 11.5. The molecule has 2 fully saturated rings. The molecule has 0 amide bonds. The average Bonchev–Trinajstić information content (AvgIpc) is 3.07. The summed E-state index contributed by atoms with van der Waals surface area (Å²) in [5, 5.41) is 11.6. The molecular weight excluding hydrogens is 244 g/mol. The largest absolute Gasteiger partial charge is 0.407 e. The van der Waals surface area contributed by atoms with E-state index in [0.717, 1.165) is 39.0 Å². The Balaban J connectivity index is 1.64. The van der Waals surface area contributed by atoms with E-state index < -0.39 is 0 Å². The highest BCUT2D eigenvalue weighted by Crippen LogP contribution is 2.32. The molecule has 1 N–H and O–H groups in total. The summed E-state index contributed by atoms with van der Waals surface area (Å²) >= 11 is 0. The minimum Gasteiger partial charge on any atom is -0.407 e. The molecule has 1 saturated carbocycles. The Hall–Kier alpha value is -1.14. The summed E-state index contributed by atoms with van der Waals surface area (Å²) in [5.41, 5.74) is 0. The minimum atomic E-state index is 0.349. The van der Waals surface area contributed by atoms with Crippen LogP contribution >= 0.6 is 0 Å². The van der Waals surface area contributed by atoms with Gasteiger partial charge in [-0.05, 0) is 32.2 Å². The highest BCUT2D eigenvalue weighted by atomic mass is 16.5. The molecule has 2 atom stereocenters.